The van der Waals surface area contributed by atoms with Crippen molar-refractivity contribution < 1.29 is 9.90 Å². The van der Waals surface area contributed by atoms with Gasteiger partial charge in [-0.25, -0.2) is 0 Å². The lowest BCUT2D eigenvalue weighted by atomic mass is 9.89. The van der Waals surface area contributed by atoms with Gasteiger partial charge in [-0.1, -0.05) is 46.5 Å². The van der Waals surface area contributed by atoms with Crippen molar-refractivity contribution in [2.24, 2.45) is 11.3 Å². The van der Waals surface area contributed by atoms with E-state index in [1.165, 1.54) is 32.1 Å². The Balaban J connectivity index is 2.06. The lowest BCUT2D eigenvalue weighted by Crippen LogP contribution is -2.39. The topological polar surface area (TPSA) is 49.3 Å². The van der Waals surface area contributed by atoms with Crippen LogP contribution in [-0.2, 0) is 4.79 Å². The molecular weight excluding hydrogens is 226 g/mol. The summed E-state index contributed by atoms with van der Waals surface area (Å²) in [5.74, 6) is 0.939. The first-order valence-electron chi connectivity index (χ1n) is 7.34. The molecule has 1 fully saturated rings. The summed E-state index contributed by atoms with van der Waals surface area (Å²) in [6.07, 6.45) is 7.75. The molecule has 0 radical (unpaired) electrons. The number of carbonyl (C=O) groups is 1. The standard InChI is InChI=1S/C15H29NO2/c1-15(2,3)13(17)11-16-14(18)10-6-9-12-7-4-5-8-12/h12-13,17H,4-11H2,1-3H3,(H,16,18). The minimum absolute atomic E-state index is 0.0799. The Hall–Kier alpha value is -0.570. The molecule has 1 rings (SSSR count). The fraction of sp³-hybridized carbons (Fsp3) is 0.933. The van der Waals surface area contributed by atoms with Crippen LogP contribution in [0.2, 0.25) is 0 Å². The molecule has 0 spiro atoms. The smallest absolute Gasteiger partial charge is 0.220 e. The number of nitrogens with one attached hydrogen (secondary N) is 1. The zero-order chi connectivity index (χ0) is 13.6. The number of hydrogen-bond acceptors (Lipinski definition) is 2. The average molecular weight is 255 g/mol. The summed E-state index contributed by atoms with van der Waals surface area (Å²) in [6, 6.07) is 0. The highest BCUT2D eigenvalue weighted by Crippen LogP contribution is 2.28. The van der Waals surface area contributed by atoms with E-state index >= 15 is 0 Å². The van der Waals surface area contributed by atoms with Crippen LogP contribution < -0.4 is 5.32 Å². The van der Waals surface area contributed by atoms with Gasteiger partial charge in [0.15, 0.2) is 0 Å². The predicted octanol–water partition coefficient (Wildman–Crippen LogP) is 2.87. The lowest BCUT2D eigenvalue weighted by Gasteiger charge is -2.25. The fourth-order valence-corrected chi connectivity index (χ4v) is 2.46. The van der Waals surface area contributed by atoms with Gasteiger partial charge in [-0.2, -0.15) is 0 Å². The Kier molecular flexibility index (Phi) is 6.13. The number of hydrogen-bond donors (Lipinski definition) is 2. The molecule has 1 saturated carbocycles. The van der Waals surface area contributed by atoms with Crippen molar-refractivity contribution in [1.29, 1.82) is 0 Å². The first-order valence-corrected chi connectivity index (χ1v) is 7.34. The Morgan fingerprint density at radius 1 is 1.33 bits per heavy atom. The van der Waals surface area contributed by atoms with E-state index < -0.39 is 6.10 Å². The molecule has 0 heterocycles. The van der Waals surface area contributed by atoms with Crippen molar-refractivity contribution in [2.75, 3.05) is 6.54 Å². The molecule has 0 aromatic carbocycles. The molecule has 1 atom stereocenters. The summed E-state index contributed by atoms with van der Waals surface area (Å²) in [5, 5.41) is 12.6. The molecule has 0 aromatic rings. The van der Waals surface area contributed by atoms with E-state index in [1.807, 2.05) is 20.8 Å². The maximum absolute atomic E-state index is 11.6. The molecule has 3 heteroatoms. The van der Waals surface area contributed by atoms with Crippen LogP contribution in [0.25, 0.3) is 0 Å². The third-order valence-corrected chi connectivity index (χ3v) is 3.98. The molecule has 1 aliphatic carbocycles. The minimum atomic E-state index is -0.476. The number of aliphatic hydroxyl groups is 1. The lowest BCUT2D eigenvalue weighted by molar-refractivity contribution is -0.122. The summed E-state index contributed by atoms with van der Waals surface area (Å²) in [7, 11) is 0. The maximum Gasteiger partial charge on any atom is 0.220 e. The normalized spacial score (nSPS) is 18.9. The molecule has 2 N–H and O–H groups in total. The minimum Gasteiger partial charge on any atom is -0.391 e. The Morgan fingerprint density at radius 3 is 2.50 bits per heavy atom. The van der Waals surface area contributed by atoms with Crippen LogP contribution in [0.4, 0.5) is 0 Å². The summed E-state index contributed by atoms with van der Waals surface area (Å²) >= 11 is 0. The van der Waals surface area contributed by atoms with E-state index in [-0.39, 0.29) is 11.3 Å². The van der Waals surface area contributed by atoms with Gasteiger partial charge in [-0.05, 0) is 24.2 Å². The monoisotopic (exact) mass is 255 g/mol. The van der Waals surface area contributed by atoms with Crippen molar-refractivity contribution in [3.8, 4) is 0 Å². The molecule has 0 aliphatic heterocycles. The van der Waals surface area contributed by atoms with Gasteiger partial charge in [-0.3, -0.25) is 4.79 Å². The molecule has 106 valence electrons. The third kappa shape index (κ3) is 5.85. The largest absolute Gasteiger partial charge is 0.391 e. The summed E-state index contributed by atoms with van der Waals surface area (Å²) in [5.41, 5.74) is -0.170. The number of carbonyl (C=O) groups excluding carboxylic acids is 1. The van der Waals surface area contributed by atoms with E-state index in [0.29, 0.717) is 13.0 Å². The Labute approximate surface area is 111 Å². The van der Waals surface area contributed by atoms with E-state index in [0.717, 1.165) is 12.3 Å². The van der Waals surface area contributed by atoms with E-state index in [9.17, 15) is 9.90 Å². The van der Waals surface area contributed by atoms with Crippen molar-refractivity contribution in [1.82, 2.24) is 5.32 Å². The maximum atomic E-state index is 11.6. The molecule has 1 unspecified atom stereocenters. The van der Waals surface area contributed by atoms with Crippen molar-refractivity contribution in [3.63, 3.8) is 0 Å². The van der Waals surface area contributed by atoms with E-state index in [2.05, 4.69) is 5.32 Å². The molecule has 18 heavy (non-hydrogen) atoms. The van der Waals surface area contributed by atoms with Crippen LogP contribution in [0.1, 0.15) is 65.7 Å². The highest BCUT2D eigenvalue weighted by molar-refractivity contribution is 5.75. The van der Waals surface area contributed by atoms with E-state index in [4.69, 9.17) is 0 Å². The molecule has 0 aromatic heterocycles. The van der Waals surface area contributed by atoms with Crippen molar-refractivity contribution in [2.45, 2.75) is 71.8 Å². The number of aliphatic hydroxyl groups excluding tert-OH is 1. The summed E-state index contributed by atoms with van der Waals surface area (Å²) in [4.78, 5) is 11.6. The first kappa shape index (κ1) is 15.5. The molecular formula is C15H29NO2. The zero-order valence-electron chi connectivity index (χ0n) is 12.2. The van der Waals surface area contributed by atoms with Gasteiger partial charge in [-0.15, -0.1) is 0 Å². The second-order valence-corrected chi connectivity index (χ2v) is 6.73. The van der Waals surface area contributed by atoms with Gasteiger partial charge in [0, 0.05) is 13.0 Å². The molecule has 3 nitrogen and oxygen atoms in total. The SMILES string of the molecule is CC(C)(C)C(O)CNC(=O)CCCC1CCCC1. The van der Waals surface area contributed by atoms with Gasteiger partial charge < -0.3 is 10.4 Å². The van der Waals surface area contributed by atoms with Gasteiger partial charge in [0.2, 0.25) is 5.91 Å². The third-order valence-electron chi connectivity index (χ3n) is 3.98. The molecule has 1 aliphatic rings. The zero-order valence-corrected chi connectivity index (χ0v) is 12.2. The fourth-order valence-electron chi connectivity index (χ4n) is 2.46. The number of rotatable bonds is 6. The predicted molar refractivity (Wildman–Crippen MR) is 74.3 cm³/mol. The van der Waals surface area contributed by atoms with Crippen LogP contribution in [0, 0.1) is 11.3 Å². The van der Waals surface area contributed by atoms with Gasteiger partial charge >= 0.3 is 0 Å². The Bertz CT molecular complexity index is 252. The highest BCUT2D eigenvalue weighted by Gasteiger charge is 2.22. The van der Waals surface area contributed by atoms with Crippen molar-refractivity contribution >= 4 is 5.91 Å². The van der Waals surface area contributed by atoms with Gasteiger partial charge in [0.25, 0.3) is 0 Å². The van der Waals surface area contributed by atoms with Gasteiger partial charge in [0.05, 0.1) is 6.10 Å². The molecule has 0 bridgehead atoms. The van der Waals surface area contributed by atoms with Gasteiger partial charge in [0.1, 0.15) is 0 Å². The first-order chi connectivity index (χ1) is 8.39. The second kappa shape index (κ2) is 7.13. The quantitative estimate of drug-likeness (QED) is 0.766. The highest BCUT2D eigenvalue weighted by atomic mass is 16.3. The van der Waals surface area contributed by atoms with E-state index in [1.54, 1.807) is 0 Å². The van der Waals surface area contributed by atoms with Crippen molar-refractivity contribution in [3.05, 3.63) is 0 Å². The van der Waals surface area contributed by atoms with Crippen LogP contribution in [0.3, 0.4) is 0 Å². The van der Waals surface area contributed by atoms with Crippen LogP contribution in [-0.4, -0.2) is 23.7 Å². The molecule has 1 amide bonds. The van der Waals surface area contributed by atoms with Crippen LogP contribution in [0.5, 0.6) is 0 Å². The van der Waals surface area contributed by atoms with Crippen LogP contribution >= 0.6 is 0 Å². The summed E-state index contributed by atoms with van der Waals surface area (Å²) in [6.45, 7) is 6.30. The summed E-state index contributed by atoms with van der Waals surface area (Å²) < 4.78 is 0. The average Bonchev–Trinajstić information content (AvgIpc) is 2.77. The molecule has 0 saturated heterocycles. The number of amides is 1. The van der Waals surface area contributed by atoms with Crippen LogP contribution in [0.15, 0.2) is 0 Å². The second-order valence-electron chi connectivity index (χ2n) is 6.73. The Morgan fingerprint density at radius 2 is 1.94 bits per heavy atom.